The van der Waals surface area contributed by atoms with E-state index < -0.39 is 14.3 Å². The van der Waals surface area contributed by atoms with Crippen LogP contribution in [0.3, 0.4) is 0 Å². The van der Waals surface area contributed by atoms with Gasteiger partial charge in [0.2, 0.25) is 11.9 Å². The number of benzene rings is 4. The number of halogens is 4. The van der Waals surface area contributed by atoms with Crippen molar-refractivity contribution in [3.63, 3.8) is 0 Å². The Bertz CT molecular complexity index is 3110. The second kappa shape index (κ2) is 25.9. The Morgan fingerprint density at radius 3 is 1.34 bits per heavy atom. The van der Waals surface area contributed by atoms with Gasteiger partial charge in [-0.3, -0.25) is 4.79 Å². The first-order valence-electron chi connectivity index (χ1n) is 26.3. The molecule has 5 N–H and O–H groups in total. The highest BCUT2D eigenvalue weighted by molar-refractivity contribution is 7.70. The van der Waals surface area contributed by atoms with Crippen molar-refractivity contribution in [2.75, 3.05) is 91.0 Å². The minimum Gasteiger partial charge on any atom is -0.400 e. The molecule has 2 aromatic heterocycles. The van der Waals surface area contributed by atoms with Crippen LogP contribution in [0, 0.1) is 16.7 Å². The fourth-order valence-corrected chi connectivity index (χ4v) is 14.0. The number of hydrogen-bond donors (Lipinski definition) is 5. The molecule has 4 heterocycles. The van der Waals surface area contributed by atoms with E-state index >= 15 is 0 Å². The predicted molar refractivity (Wildman–Crippen MR) is 326 cm³/mol. The molecule has 2 aliphatic heterocycles. The third kappa shape index (κ3) is 14.9. The van der Waals surface area contributed by atoms with Gasteiger partial charge in [0, 0.05) is 68.1 Å². The van der Waals surface area contributed by atoms with Crippen LogP contribution in [0.5, 0.6) is 0 Å². The molecule has 4 aromatic carbocycles. The lowest BCUT2D eigenvalue weighted by Gasteiger charge is -2.52. The average Bonchev–Trinajstić information content (AvgIpc) is 3.40. The average molecular weight is 1170 g/mol. The molecule has 0 unspecified atom stereocenters. The van der Waals surface area contributed by atoms with E-state index in [9.17, 15) is 13.9 Å². The summed E-state index contributed by atoms with van der Waals surface area (Å²) < 4.78 is 25.4. The maximum Gasteiger partial charge on any atom is 0.229 e. The Hall–Kier alpha value is -4.91. The second-order valence-electron chi connectivity index (χ2n) is 20.9. The maximum atomic E-state index is 12.7. The van der Waals surface area contributed by atoms with Gasteiger partial charge in [-0.05, 0) is 143 Å². The van der Waals surface area contributed by atoms with Crippen molar-refractivity contribution >= 4 is 135 Å². The molecule has 2 saturated heterocycles. The molecule has 2 spiro atoms. The zero-order chi connectivity index (χ0) is 55.7. The minimum atomic E-state index is -2.50. The number of anilines is 10. The third-order valence-corrected chi connectivity index (χ3v) is 19.1. The van der Waals surface area contributed by atoms with E-state index in [2.05, 4.69) is 64.0 Å². The van der Waals surface area contributed by atoms with Gasteiger partial charge in [0.15, 0.2) is 11.6 Å². The maximum absolute atomic E-state index is 12.7. The molecule has 0 amide bonds. The Morgan fingerprint density at radius 1 is 0.584 bits per heavy atom. The number of carbonyl (C=O) groups is 1. The number of para-hydroxylation sites is 2. The summed E-state index contributed by atoms with van der Waals surface area (Å²) >= 11 is 26.1. The highest BCUT2D eigenvalue weighted by Crippen LogP contribution is 2.54. The van der Waals surface area contributed by atoms with Crippen molar-refractivity contribution in [1.82, 2.24) is 19.9 Å². The van der Waals surface area contributed by atoms with Crippen LogP contribution in [0.25, 0.3) is 0 Å². The Labute approximate surface area is 474 Å². The Kier molecular flexibility index (Phi) is 20.1. The van der Waals surface area contributed by atoms with Crippen LogP contribution in [0.4, 0.5) is 57.7 Å². The Morgan fingerprint density at radius 2 is 0.974 bits per heavy atom. The summed E-state index contributed by atoms with van der Waals surface area (Å²) in [6, 6.07) is 26.7. The lowest BCUT2D eigenvalue weighted by Crippen LogP contribution is -2.47. The molecule has 10 rings (SSSR count). The smallest absolute Gasteiger partial charge is 0.229 e. The van der Waals surface area contributed by atoms with Crippen molar-refractivity contribution in [2.24, 2.45) is 16.7 Å². The fourth-order valence-electron chi connectivity index (χ4n) is 10.8. The number of carbonyl (C=O) groups excluding carboxylic acids is 1. The minimum absolute atomic E-state index is 0.227. The van der Waals surface area contributed by atoms with E-state index in [0.29, 0.717) is 66.2 Å². The zero-order valence-electron chi connectivity index (χ0n) is 45.3. The van der Waals surface area contributed by atoms with Gasteiger partial charge in [0.25, 0.3) is 0 Å². The van der Waals surface area contributed by atoms with Crippen LogP contribution >= 0.6 is 60.7 Å². The van der Waals surface area contributed by atoms with Crippen molar-refractivity contribution in [3.05, 3.63) is 117 Å². The lowest BCUT2D eigenvalue weighted by molar-refractivity contribution is -0.133. The van der Waals surface area contributed by atoms with Crippen LogP contribution in [0.2, 0.25) is 20.1 Å². The first kappa shape index (κ1) is 59.7. The number of aromatic nitrogens is 4. The first-order chi connectivity index (χ1) is 36.8. The molecule has 4 fully saturated rings. The predicted octanol–water partition coefficient (Wildman–Crippen LogP) is 15.0. The largest absolute Gasteiger partial charge is 0.400 e. The van der Waals surface area contributed by atoms with Gasteiger partial charge < -0.3 is 45.3 Å². The van der Waals surface area contributed by atoms with Crippen LogP contribution in [0.1, 0.15) is 78.6 Å². The van der Waals surface area contributed by atoms with Gasteiger partial charge in [-0.1, -0.05) is 97.9 Å². The molecule has 77 heavy (non-hydrogen) atoms. The number of ketones is 1. The molecule has 2 aliphatic carbocycles. The number of rotatable bonds is 13. The SMILES string of the molecule is CC.CCC1CC2(CCN(c3ccc(Nc4ncc(Cl)c(Nc5ccccc5P(C)(C)=O)n4)cc3Cl)CC2)C1.CO.CP(C)(=O)c1ccccc1Nc1nc(Nc2ccc(N3CCC4(CC3)CC(=O)C4)c(Cl)c2)ncc1Cl. The summed E-state index contributed by atoms with van der Waals surface area (Å²) in [6.45, 7) is 17.2. The molecular formula is C57H72Cl4N10O4P2. The molecule has 20 heteroatoms. The topological polar surface area (TPSA) is 178 Å². The standard InChI is InChI=1S/C28H34Cl2N5OP.C26H28Cl2N5O2P.C2H6.CH4O/c1-4-19-16-28(17-19)11-13-35(14-12-28)24-10-9-20(15-21(24)29)32-27-31-18-22(30)26(34-27)33-23-7-5-6-8-25(23)37(2,3)36;1-36(2,35)23-6-4-3-5-21(23)31-24-20(28)16-29-25(32-24)30-17-7-8-22(19(27)13-17)33-11-9-26(10-12-33)14-18(34)15-26;2*1-2/h5-10,15,18-19H,4,11-14,16-17H2,1-3H3,(H2,31,32,33,34);3-8,13,16H,9-12,14-15H2,1-2H3,(H2,29,30,31,32);1-2H3;2H,1H3. The first-order valence-corrected chi connectivity index (χ1v) is 33.0. The number of nitrogens with zero attached hydrogens (tertiary/aromatic N) is 6. The van der Waals surface area contributed by atoms with Gasteiger partial charge in [-0.25, -0.2) is 9.97 Å². The molecule has 14 nitrogen and oxygen atoms in total. The fraction of sp³-hybridized carbons (Fsp3) is 0.421. The monoisotopic (exact) mass is 1160 g/mol. The van der Waals surface area contributed by atoms with Crippen molar-refractivity contribution in [3.8, 4) is 0 Å². The highest BCUT2D eigenvalue weighted by atomic mass is 35.5. The van der Waals surface area contributed by atoms with Crippen molar-refractivity contribution in [2.45, 2.75) is 78.6 Å². The third-order valence-electron chi connectivity index (χ3n) is 14.9. The molecule has 0 radical (unpaired) electrons. The number of hydrogen-bond acceptors (Lipinski definition) is 14. The normalized spacial score (nSPS) is 16.6. The Balaban J connectivity index is 0.000000210. The molecular weight excluding hydrogens is 1090 g/mol. The van der Waals surface area contributed by atoms with Gasteiger partial charge in [-0.2, -0.15) is 9.97 Å². The van der Waals surface area contributed by atoms with E-state index in [-0.39, 0.29) is 5.41 Å². The van der Waals surface area contributed by atoms with E-state index in [0.717, 1.165) is 98.2 Å². The molecule has 2 saturated carbocycles. The van der Waals surface area contributed by atoms with Gasteiger partial charge >= 0.3 is 0 Å². The van der Waals surface area contributed by atoms with E-state index in [1.165, 1.54) is 38.3 Å². The summed E-state index contributed by atoms with van der Waals surface area (Å²) in [6.07, 6.45) is 13.2. The summed E-state index contributed by atoms with van der Waals surface area (Å²) in [5.41, 5.74) is 5.83. The summed E-state index contributed by atoms with van der Waals surface area (Å²) in [5.74, 6) is 2.91. The van der Waals surface area contributed by atoms with Gasteiger partial charge in [0.1, 0.15) is 30.1 Å². The van der Waals surface area contributed by atoms with Gasteiger partial charge in [-0.15, -0.1) is 0 Å². The van der Waals surface area contributed by atoms with E-state index in [4.69, 9.17) is 51.5 Å². The highest BCUT2D eigenvalue weighted by Gasteiger charge is 2.46. The van der Waals surface area contributed by atoms with E-state index in [1.807, 2.05) is 92.7 Å². The van der Waals surface area contributed by atoms with Gasteiger partial charge in [0.05, 0.1) is 45.2 Å². The molecule has 0 bridgehead atoms. The van der Waals surface area contributed by atoms with Crippen LogP contribution < -0.4 is 41.7 Å². The zero-order valence-corrected chi connectivity index (χ0v) is 50.1. The number of piperidine rings is 2. The van der Waals surface area contributed by atoms with Crippen LogP contribution in [-0.4, -0.2) is 90.8 Å². The number of aliphatic hydroxyl groups excluding tert-OH is 1. The van der Waals surface area contributed by atoms with Crippen LogP contribution in [-0.2, 0) is 13.9 Å². The lowest BCUT2D eigenvalue weighted by atomic mass is 9.57. The summed E-state index contributed by atoms with van der Waals surface area (Å²) in [7, 11) is -3.99. The van der Waals surface area contributed by atoms with E-state index in [1.54, 1.807) is 32.9 Å². The van der Waals surface area contributed by atoms with Crippen molar-refractivity contribution in [1.29, 1.82) is 0 Å². The summed E-state index contributed by atoms with van der Waals surface area (Å²) in [4.78, 5) is 33.9. The quantitative estimate of drug-likeness (QED) is 0.0690. The number of Topliss-reactive ketones (excluding diaryl/α,β-unsaturated/α-hetero) is 1. The molecule has 0 atom stereocenters. The second-order valence-corrected chi connectivity index (χ2v) is 28.9. The number of aliphatic hydroxyl groups is 1. The molecule has 4 aliphatic rings. The number of nitrogens with one attached hydrogen (secondary N) is 4. The van der Waals surface area contributed by atoms with Crippen LogP contribution in [0.15, 0.2) is 97.3 Å². The molecule has 6 aromatic rings. The van der Waals surface area contributed by atoms with Crippen molar-refractivity contribution < 1.29 is 19.0 Å². The summed E-state index contributed by atoms with van der Waals surface area (Å²) in [5, 5.41) is 23.4. The molecule has 412 valence electrons.